The fraction of sp³-hybridized carbons (Fsp3) is 0.0952. The summed E-state index contributed by atoms with van der Waals surface area (Å²) in [6, 6.07) is 17.4. The van der Waals surface area contributed by atoms with Gasteiger partial charge in [-0.1, -0.05) is 12.1 Å². The van der Waals surface area contributed by atoms with E-state index in [2.05, 4.69) is 30.7 Å². The van der Waals surface area contributed by atoms with Crippen LogP contribution in [-0.4, -0.2) is 33.2 Å². The summed E-state index contributed by atoms with van der Waals surface area (Å²) >= 11 is 0. The number of aryl methyl sites for hydroxylation is 1. The number of carbonyl (C=O) groups excluding carboxylic acids is 1. The van der Waals surface area contributed by atoms with Crippen molar-refractivity contribution in [3.63, 3.8) is 0 Å². The molecule has 2 aromatic carbocycles. The molecule has 2 aromatic heterocycles. The summed E-state index contributed by atoms with van der Waals surface area (Å²) < 4.78 is 6.42. The number of carbonyl (C=O) groups is 1. The monoisotopic (exact) mass is 388 g/mol. The second-order valence-corrected chi connectivity index (χ2v) is 6.44. The van der Waals surface area contributed by atoms with E-state index in [0.717, 1.165) is 28.2 Å². The van der Waals surface area contributed by atoms with Gasteiger partial charge in [0.25, 0.3) is 0 Å². The number of aromatic nitrogens is 4. The first-order valence-electron chi connectivity index (χ1n) is 9.01. The van der Waals surface area contributed by atoms with Gasteiger partial charge in [0.05, 0.1) is 18.5 Å². The first-order valence-corrected chi connectivity index (χ1v) is 9.01. The molecule has 1 amide bonds. The minimum atomic E-state index is -0.499. The molecule has 0 fully saturated rings. The van der Waals surface area contributed by atoms with Crippen molar-refractivity contribution in [3.05, 3.63) is 72.6 Å². The van der Waals surface area contributed by atoms with Gasteiger partial charge in [-0.05, 0) is 54.4 Å². The van der Waals surface area contributed by atoms with Gasteiger partial charge in [0, 0.05) is 29.8 Å². The maximum absolute atomic E-state index is 11.3. The highest BCUT2D eigenvalue weighted by Crippen LogP contribution is 2.26. The Bertz CT molecular complexity index is 1120. The standard InChI is InChI=1S/C21H20N6O2/c1-14-12-16(23-21(28)29-2)6-9-18(14)24-20-13-19(25-26-20)15-4-7-17(8-5-15)27-11-3-10-22-27/h3-13H,1-2H3,(H,23,28)(H2,24,25,26). The van der Waals surface area contributed by atoms with Crippen LogP contribution in [0.25, 0.3) is 16.9 Å². The summed E-state index contributed by atoms with van der Waals surface area (Å²) in [4.78, 5) is 11.3. The predicted molar refractivity (Wildman–Crippen MR) is 112 cm³/mol. The van der Waals surface area contributed by atoms with Crippen molar-refractivity contribution in [3.8, 4) is 16.9 Å². The van der Waals surface area contributed by atoms with E-state index in [0.29, 0.717) is 11.5 Å². The number of hydrogen-bond donors (Lipinski definition) is 3. The Hall–Kier alpha value is -4.07. The summed E-state index contributed by atoms with van der Waals surface area (Å²) in [6.07, 6.45) is 3.16. The highest BCUT2D eigenvalue weighted by Gasteiger charge is 2.08. The lowest BCUT2D eigenvalue weighted by Gasteiger charge is -2.10. The maximum atomic E-state index is 11.3. The van der Waals surface area contributed by atoms with Crippen LogP contribution in [0.1, 0.15) is 5.56 Å². The van der Waals surface area contributed by atoms with Crippen molar-refractivity contribution in [2.24, 2.45) is 0 Å². The third-order valence-corrected chi connectivity index (χ3v) is 4.45. The quantitative estimate of drug-likeness (QED) is 0.468. The normalized spacial score (nSPS) is 10.6. The Kier molecular flexibility index (Phi) is 4.98. The first-order chi connectivity index (χ1) is 14.1. The number of H-pyrrole nitrogens is 1. The molecule has 8 heteroatoms. The average Bonchev–Trinajstić information content (AvgIpc) is 3.42. The van der Waals surface area contributed by atoms with E-state index in [-0.39, 0.29) is 0 Å². The minimum Gasteiger partial charge on any atom is -0.453 e. The fourth-order valence-electron chi connectivity index (χ4n) is 2.94. The number of amides is 1. The van der Waals surface area contributed by atoms with Crippen LogP contribution in [-0.2, 0) is 4.74 Å². The molecule has 0 spiro atoms. The second kappa shape index (κ2) is 7.89. The van der Waals surface area contributed by atoms with Gasteiger partial charge in [-0.3, -0.25) is 10.4 Å². The SMILES string of the molecule is COC(=O)Nc1ccc(Nc2cc(-c3ccc(-n4cccn4)cc3)[nH]n2)c(C)c1. The van der Waals surface area contributed by atoms with Gasteiger partial charge >= 0.3 is 6.09 Å². The molecular formula is C21H20N6O2. The molecule has 29 heavy (non-hydrogen) atoms. The summed E-state index contributed by atoms with van der Waals surface area (Å²) in [5, 5.41) is 17.6. The van der Waals surface area contributed by atoms with Crippen LogP contribution in [0.4, 0.5) is 22.0 Å². The third kappa shape index (κ3) is 4.11. The molecule has 0 aliphatic rings. The van der Waals surface area contributed by atoms with E-state index < -0.39 is 6.09 Å². The summed E-state index contributed by atoms with van der Waals surface area (Å²) in [5.74, 6) is 0.702. The molecule has 0 saturated heterocycles. The molecule has 0 aliphatic heterocycles. The van der Waals surface area contributed by atoms with E-state index in [9.17, 15) is 4.79 Å². The molecule has 4 aromatic rings. The molecule has 4 rings (SSSR count). The molecule has 0 radical (unpaired) electrons. The average molecular weight is 388 g/mol. The van der Waals surface area contributed by atoms with E-state index in [1.807, 2.05) is 66.3 Å². The smallest absolute Gasteiger partial charge is 0.411 e. The van der Waals surface area contributed by atoms with Crippen LogP contribution in [0.2, 0.25) is 0 Å². The van der Waals surface area contributed by atoms with Gasteiger partial charge in [-0.2, -0.15) is 10.2 Å². The summed E-state index contributed by atoms with van der Waals surface area (Å²) in [7, 11) is 1.33. The van der Waals surface area contributed by atoms with Gasteiger partial charge in [-0.25, -0.2) is 9.48 Å². The molecule has 0 saturated carbocycles. The van der Waals surface area contributed by atoms with Crippen molar-refractivity contribution in [1.29, 1.82) is 0 Å². The van der Waals surface area contributed by atoms with Crippen molar-refractivity contribution in [2.45, 2.75) is 6.92 Å². The zero-order valence-electron chi connectivity index (χ0n) is 16.0. The van der Waals surface area contributed by atoms with Crippen molar-refractivity contribution >= 4 is 23.3 Å². The Morgan fingerprint density at radius 3 is 2.66 bits per heavy atom. The van der Waals surface area contributed by atoms with E-state index in [1.165, 1.54) is 7.11 Å². The number of benzene rings is 2. The van der Waals surface area contributed by atoms with Crippen LogP contribution >= 0.6 is 0 Å². The molecule has 0 aliphatic carbocycles. The number of rotatable bonds is 5. The lowest BCUT2D eigenvalue weighted by atomic mass is 10.1. The Morgan fingerprint density at radius 2 is 1.97 bits per heavy atom. The Balaban J connectivity index is 1.47. The maximum Gasteiger partial charge on any atom is 0.411 e. The predicted octanol–water partition coefficient (Wildman–Crippen LogP) is 4.49. The molecular weight excluding hydrogens is 368 g/mol. The molecule has 2 heterocycles. The number of nitrogens with zero attached hydrogens (tertiary/aromatic N) is 3. The number of hydrogen-bond acceptors (Lipinski definition) is 5. The third-order valence-electron chi connectivity index (χ3n) is 4.45. The summed E-state index contributed by atoms with van der Waals surface area (Å²) in [6.45, 7) is 1.95. The van der Waals surface area contributed by atoms with Crippen molar-refractivity contribution in [1.82, 2.24) is 20.0 Å². The number of nitrogens with one attached hydrogen (secondary N) is 3. The van der Waals surface area contributed by atoms with E-state index in [1.54, 1.807) is 12.3 Å². The number of ether oxygens (including phenoxy) is 1. The minimum absolute atomic E-state index is 0.499. The van der Waals surface area contributed by atoms with E-state index >= 15 is 0 Å². The Morgan fingerprint density at radius 1 is 1.14 bits per heavy atom. The van der Waals surface area contributed by atoms with Crippen LogP contribution in [0.15, 0.2) is 67.0 Å². The highest BCUT2D eigenvalue weighted by atomic mass is 16.5. The number of anilines is 3. The van der Waals surface area contributed by atoms with Crippen molar-refractivity contribution < 1.29 is 9.53 Å². The van der Waals surface area contributed by atoms with Gasteiger partial charge < -0.3 is 10.1 Å². The molecule has 3 N–H and O–H groups in total. The molecule has 0 bridgehead atoms. The molecule has 146 valence electrons. The van der Waals surface area contributed by atoms with Gasteiger partial charge in [-0.15, -0.1) is 0 Å². The zero-order chi connectivity index (χ0) is 20.2. The lowest BCUT2D eigenvalue weighted by Crippen LogP contribution is -2.11. The van der Waals surface area contributed by atoms with Crippen LogP contribution < -0.4 is 10.6 Å². The zero-order valence-corrected chi connectivity index (χ0v) is 16.0. The van der Waals surface area contributed by atoms with Gasteiger partial charge in [0.1, 0.15) is 0 Å². The highest BCUT2D eigenvalue weighted by molar-refractivity contribution is 5.85. The molecule has 0 unspecified atom stereocenters. The largest absolute Gasteiger partial charge is 0.453 e. The van der Waals surface area contributed by atoms with Gasteiger partial charge in [0.15, 0.2) is 5.82 Å². The van der Waals surface area contributed by atoms with Gasteiger partial charge in [0.2, 0.25) is 0 Å². The second-order valence-electron chi connectivity index (χ2n) is 6.44. The molecule has 0 atom stereocenters. The summed E-state index contributed by atoms with van der Waals surface area (Å²) in [5.41, 5.74) is 5.45. The Labute approximate surface area is 167 Å². The topological polar surface area (TPSA) is 96.9 Å². The number of methoxy groups -OCH3 is 1. The van der Waals surface area contributed by atoms with Crippen LogP contribution in [0.5, 0.6) is 0 Å². The first kappa shape index (κ1) is 18.3. The van der Waals surface area contributed by atoms with Crippen molar-refractivity contribution in [2.75, 3.05) is 17.7 Å². The number of aromatic amines is 1. The fourth-order valence-corrected chi connectivity index (χ4v) is 2.94. The van der Waals surface area contributed by atoms with Crippen LogP contribution in [0, 0.1) is 6.92 Å². The van der Waals surface area contributed by atoms with Crippen LogP contribution in [0.3, 0.4) is 0 Å². The molecule has 8 nitrogen and oxygen atoms in total. The lowest BCUT2D eigenvalue weighted by molar-refractivity contribution is 0.187. The van der Waals surface area contributed by atoms with E-state index in [4.69, 9.17) is 0 Å².